The zero-order chi connectivity index (χ0) is 8.55. The van der Waals surface area contributed by atoms with E-state index in [2.05, 4.69) is 0 Å². The maximum atomic E-state index is 10.5. The van der Waals surface area contributed by atoms with Crippen molar-refractivity contribution in [2.24, 2.45) is 0 Å². The molecule has 1 aliphatic heterocycles. The van der Waals surface area contributed by atoms with Crippen molar-refractivity contribution in [1.29, 1.82) is 0 Å². The Balaban J connectivity index is 0.000000845. The van der Waals surface area contributed by atoms with Gasteiger partial charge in [0.2, 0.25) is 6.79 Å². The summed E-state index contributed by atoms with van der Waals surface area (Å²) in [6.07, 6.45) is 0. The van der Waals surface area contributed by atoms with Crippen LogP contribution in [0.1, 0.15) is 10.4 Å². The van der Waals surface area contributed by atoms with E-state index in [4.69, 9.17) is 14.6 Å². The van der Waals surface area contributed by atoms with E-state index in [1.165, 1.54) is 12.1 Å². The van der Waals surface area contributed by atoms with Crippen LogP contribution in [0.15, 0.2) is 18.2 Å². The number of carboxylic acid groups (broad SMARTS) is 1. The molecule has 0 bridgehead atoms. The van der Waals surface area contributed by atoms with Crippen LogP contribution in [0, 0.1) is 0 Å². The summed E-state index contributed by atoms with van der Waals surface area (Å²) in [4.78, 5) is 10.5. The maximum absolute atomic E-state index is 10.5. The fourth-order valence-corrected chi connectivity index (χ4v) is 1.03. The average Bonchev–Trinajstić information content (AvgIpc) is 2.49. The van der Waals surface area contributed by atoms with E-state index in [0.29, 0.717) is 11.5 Å². The number of hydrogen-bond acceptors (Lipinski definition) is 3. The Labute approximate surface area is 90.0 Å². The molecular weight excluding hydrogens is 268 g/mol. The summed E-state index contributed by atoms with van der Waals surface area (Å²) in [5.74, 6) is 0.128. The first-order valence-electron chi connectivity index (χ1n) is 3.40. The number of hydrogen-bond donors (Lipinski definition) is 1. The van der Waals surface area contributed by atoms with Gasteiger partial charge in [0.15, 0.2) is 11.5 Å². The first-order chi connectivity index (χ1) is 5.77. The average molecular weight is 274 g/mol. The molecule has 73 valence electrons. The fourth-order valence-electron chi connectivity index (χ4n) is 1.03. The molecule has 0 saturated carbocycles. The van der Waals surface area contributed by atoms with Gasteiger partial charge in [0.05, 0.1) is 5.56 Å². The smallest absolute Gasteiger partial charge is 0.335 e. The molecule has 0 fully saturated rings. The van der Waals surface area contributed by atoms with E-state index in [1.807, 2.05) is 0 Å². The van der Waals surface area contributed by atoms with Gasteiger partial charge in [-0.15, -0.1) is 0 Å². The van der Waals surface area contributed by atoms with Crippen molar-refractivity contribution >= 4 is 5.97 Å². The first-order valence-corrected chi connectivity index (χ1v) is 3.40. The van der Waals surface area contributed by atoms with Gasteiger partial charge in [0, 0.05) is 22.4 Å². The van der Waals surface area contributed by atoms with Gasteiger partial charge in [-0.05, 0) is 18.2 Å². The maximum Gasteiger partial charge on any atom is 0.335 e. The van der Waals surface area contributed by atoms with E-state index in [0.717, 1.165) is 0 Å². The van der Waals surface area contributed by atoms with Gasteiger partial charge in [0.25, 0.3) is 0 Å². The molecule has 1 aliphatic rings. The van der Waals surface area contributed by atoms with E-state index < -0.39 is 5.97 Å². The summed E-state index contributed by atoms with van der Waals surface area (Å²) in [6, 6.07) is 4.52. The summed E-state index contributed by atoms with van der Waals surface area (Å²) < 4.78 is 10.0. The minimum atomic E-state index is -0.965. The number of rotatable bonds is 1. The van der Waals surface area contributed by atoms with Crippen LogP contribution in [-0.4, -0.2) is 17.9 Å². The molecule has 0 aliphatic carbocycles. The van der Waals surface area contributed by atoms with Crippen LogP contribution in [0.2, 0.25) is 0 Å². The zero-order valence-corrected chi connectivity index (χ0v) is 7.89. The molecule has 4 nitrogen and oxygen atoms in total. The van der Waals surface area contributed by atoms with Crippen LogP contribution >= 0.6 is 0 Å². The summed E-state index contributed by atoms with van der Waals surface area (Å²) >= 11 is 0. The molecule has 0 unspecified atom stereocenters. The second-order valence-electron chi connectivity index (χ2n) is 2.37. The van der Waals surface area contributed by atoms with Crippen LogP contribution in [0.3, 0.4) is 0 Å². The summed E-state index contributed by atoms with van der Waals surface area (Å²) in [5.41, 5.74) is 0.208. The third-order valence-corrected chi connectivity index (χ3v) is 1.62. The van der Waals surface area contributed by atoms with E-state index in [1.54, 1.807) is 6.07 Å². The molecule has 13 heavy (non-hydrogen) atoms. The standard InChI is InChI=1S/C8H6O4.Ag/c9-8(10)5-1-2-6-7(3-5)12-4-11-6;/h1-3H,4H2,(H,9,10);. The van der Waals surface area contributed by atoms with Gasteiger partial charge in [-0.2, -0.15) is 0 Å². The second kappa shape index (κ2) is 3.83. The monoisotopic (exact) mass is 273 g/mol. The third-order valence-electron chi connectivity index (χ3n) is 1.62. The van der Waals surface area contributed by atoms with Crippen molar-refractivity contribution < 1.29 is 41.8 Å². The van der Waals surface area contributed by atoms with Crippen molar-refractivity contribution in [3.8, 4) is 11.5 Å². The van der Waals surface area contributed by atoms with Crippen LogP contribution in [0.5, 0.6) is 11.5 Å². The van der Waals surface area contributed by atoms with Crippen molar-refractivity contribution in [3.63, 3.8) is 0 Å². The van der Waals surface area contributed by atoms with Crippen LogP contribution in [0.25, 0.3) is 0 Å². The molecule has 0 amide bonds. The number of aromatic carboxylic acids is 1. The van der Waals surface area contributed by atoms with Crippen molar-refractivity contribution in [2.75, 3.05) is 6.79 Å². The summed E-state index contributed by atoms with van der Waals surface area (Å²) in [7, 11) is 0. The van der Waals surface area contributed by atoms with Crippen LogP contribution < -0.4 is 9.47 Å². The third kappa shape index (κ3) is 1.85. The van der Waals surface area contributed by atoms with Gasteiger partial charge in [-0.25, -0.2) is 4.79 Å². The Bertz CT molecular complexity index is 337. The molecule has 1 aromatic carbocycles. The number of fused-ring (bicyclic) bond motifs is 1. The number of benzene rings is 1. The molecule has 1 radical (unpaired) electrons. The predicted molar refractivity (Wildman–Crippen MR) is 39.5 cm³/mol. The fraction of sp³-hybridized carbons (Fsp3) is 0.125. The molecule has 1 N–H and O–H groups in total. The minimum absolute atomic E-state index is 0. The van der Waals surface area contributed by atoms with E-state index in [9.17, 15) is 4.79 Å². The van der Waals surface area contributed by atoms with Crippen molar-refractivity contribution in [2.45, 2.75) is 0 Å². The van der Waals surface area contributed by atoms with Crippen LogP contribution in [0.4, 0.5) is 0 Å². The SMILES string of the molecule is O=C(O)c1ccc2c(c1)OCO2.[Ag]. The quantitative estimate of drug-likeness (QED) is 0.779. The van der Waals surface area contributed by atoms with E-state index in [-0.39, 0.29) is 34.7 Å². The molecular formula is C8H6AgO4. The Kier molecular flexibility index (Phi) is 2.98. The molecule has 5 heteroatoms. The molecule has 1 aromatic rings. The van der Waals surface area contributed by atoms with Crippen molar-refractivity contribution in [1.82, 2.24) is 0 Å². The molecule has 0 saturated heterocycles. The minimum Gasteiger partial charge on any atom is -0.478 e. The van der Waals surface area contributed by atoms with Gasteiger partial charge in [-0.3, -0.25) is 0 Å². The molecule has 2 rings (SSSR count). The van der Waals surface area contributed by atoms with Gasteiger partial charge >= 0.3 is 5.97 Å². The Hall–Kier alpha value is -0.970. The summed E-state index contributed by atoms with van der Waals surface area (Å²) in [6.45, 7) is 0.165. The van der Waals surface area contributed by atoms with Crippen LogP contribution in [-0.2, 0) is 22.4 Å². The van der Waals surface area contributed by atoms with Crippen molar-refractivity contribution in [3.05, 3.63) is 23.8 Å². The normalized spacial score (nSPS) is 12.0. The zero-order valence-electron chi connectivity index (χ0n) is 6.41. The van der Waals surface area contributed by atoms with Gasteiger partial charge in [0.1, 0.15) is 0 Å². The largest absolute Gasteiger partial charge is 0.478 e. The predicted octanol–water partition coefficient (Wildman–Crippen LogP) is 1.11. The summed E-state index contributed by atoms with van der Waals surface area (Å²) in [5, 5.41) is 8.62. The Morgan fingerprint density at radius 3 is 2.69 bits per heavy atom. The number of carbonyl (C=O) groups is 1. The molecule has 1 heterocycles. The second-order valence-corrected chi connectivity index (χ2v) is 2.37. The molecule has 0 atom stereocenters. The van der Waals surface area contributed by atoms with Gasteiger partial charge in [-0.1, -0.05) is 0 Å². The van der Waals surface area contributed by atoms with E-state index >= 15 is 0 Å². The topological polar surface area (TPSA) is 55.8 Å². The number of carboxylic acids is 1. The Morgan fingerprint density at radius 2 is 2.00 bits per heavy atom. The first kappa shape index (κ1) is 10.1. The Morgan fingerprint density at radius 1 is 1.31 bits per heavy atom. The molecule has 0 aromatic heterocycles. The van der Waals surface area contributed by atoms with Gasteiger partial charge < -0.3 is 14.6 Å². The molecule has 0 spiro atoms. The number of ether oxygens (including phenoxy) is 2.